The summed E-state index contributed by atoms with van der Waals surface area (Å²) in [4.78, 5) is 15.1. The normalized spacial score (nSPS) is 22.2. The van der Waals surface area contributed by atoms with Gasteiger partial charge in [-0.2, -0.15) is 4.31 Å². The van der Waals surface area contributed by atoms with E-state index in [0.717, 1.165) is 0 Å². The maximum atomic E-state index is 13.4. The SMILES string of the molecule is O=C(CC1(COc2ccccc2)CCCN(S(=O)(=O)c2cccc(Cl)c2)C1)N1CCOCC1. The summed E-state index contributed by atoms with van der Waals surface area (Å²) in [6, 6.07) is 15.7. The van der Waals surface area contributed by atoms with Gasteiger partial charge < -0.3 is 14.4 Å². The van der Waals surface area contributed by atoms with Crippen molar-refractivity contribution in [3.05, 3.63) is 59.6 Å². The molecule has 0 N–H and O–H groups in total. The molecule has 0 aliphatic carbocycles. The number of nitrogens with zero attached hydrogens (tertiary/aromatic N) is 2. The number of carbonyl (C=O) groups is 1. The lowest BCUT2D eigenvalue weighted by atomic mass is 9.78. The molecule has 4 rings (SSSR count). The summed E-state index contributed by atoms with van der Waals surface area (Å²) in [7, 11) is -3.75. The molecular weight excluding hydrogens is 464 g/mol. The predicted octanol–water partition coefficient (Wildman–Crippen LogP) is 3.44. The first-order chi connectivity index (χ1) is 15.9. The highest BCUT2D eigenvalue weighted by Gasteiger charge is 2.43. The molecule has 2 aliphatic heterocycles. The zero-order valence-corrected chi connectivity index (χ0v) is 20.1. The number of para-hydroxylation sites is 1. The van der Waals surface area contributed by atoms with Crippen LogP contribution in [0.1, 0.15) is 19.3 Å². The fourth-order valence-electron chi connectivity index (χ4n) is 4.46. The molecule has 0 aromatic heterocycles. The standard InChI is InChI=1S/C24H29ClN2O5S/c25-20-6-4-9-22(16-20)33(29,30)27-11-5-10-24(18-27,19-32-21-7-2-1-3-8-21)17-23(28)26-12-14-31-15-13-26/h1-4,6-9,16H,5,10-15,17-19H2. The summed E-state index contributed by atoms with van der Waals surface area (Å²) in [5.74, 6) is 0.711. The molecule has 33 heavy (non-hydrogen) atoms. The summed E-state index contributed by atoms with van der Waals surface area (Å²) in [6.45, 7) is 3.02. The molecule has 2 aromatic carbocycles. The minimum Gasteiger partial charge on any atom is -0.493 e. The third kappa shape index (κ3) is 5.87. The van der Waals surface area contributed by atoms with Crippen molar-refractivity contribution >= 4 is 27.5 Å². The van der Waals surface area contributed by atoms with Crippen LogP contribution in [-0.4, -0.2) is 69.5 Å². The van der Waals surface area contributed by atoms with Gasteiger partial charge in [-0.05, 0) is 43.2 Å². The van der Waals surface area contributed by atoms with Gasteiger partial charge in [0.1, 0.15) is 5.75 Å². The first kappa shape index (κ1) is 24.0. The van der Waals surface area contributed by atoms with Gasteiger partial charge in [0.05, 0.1) is 24.7 Å². The van der Waals surface area contributed by atoms with Crippen molar-refractivity contribution in [1.82, 2.24) is 9.21 Å². The molecule has 1 atom stereocenters. The van der Waals surface area contributed by atoms with Gasteiger partial charge in [-0.3, -0.25) is 4.79 Å². The van der Waals surface area contributed by atoms with Crippen molar-refractivity contribution in [3.63, 3.8) is 0 Å². The summed E-state index contributed by atoms with van der Waals surface area (Å²) >= 11 is 6.05. The first-order valence-corrected chi connectivity index (χ1v) is 13.0. The molecule has 0 spiro atoms. The topological polar surface area (TPSA) is 76.2 Å². The zero-order chi connectivity index (χ0) is 23.3. The van der Waals surface area contributed by atoms with Crippen LogP contribution < -0.4 is 4.74 Å². The van der Waals surface area contributed by atoms with E-state index in [1.165, 1.54) is 10.4 Å². The van der Waals surface area contributed by atoms with Crippen LogP contribution in [0.2, 0.25) is 5.02 Å². The fraction of sp³-hybridized carbons (Fsp3) is 0.458. The molecule has 0 radical (unpaired) electrons. The van der Waals surface area contributed by atoms with Crippen LogP contribution in [0.25, 0.3) is 0 Å². The van der Waals surface area contributed by atoms with Gasteiger partial charge in [0, 0.05) is 43.0 Å². The molecule has 0 saturated carbocycles. The Balaban J connectivity index is 1.57. The molecule has 1 amide bonds. The molecule has 0 bridgehead atoms. The van der Waals surface area contributed by atoms with E-state index < -0.39 is 15.4 Å². The summed E-state index contributed by atoms with van der Waals surface area (Å²) in [5.41, 5.74) is -0.630. The van der Waals surface area contributed by atoms with Gasteiger partial charge in [-0.25, -0.2) is 8.42 Å². The second-order valence-electron chi connectivity index (χ2n) is 8.67. The van der Waals surface area contributed by atoms with Gasteiger partial charge >= 0.3 is 0 Å². The Labute approximate surface area is 200 Å². The molecule has 2 aliphatic rings. The van der Waals surface area contributed by atoms with E-state index in [0.29, 0.717) is 56.5 Å². The Morgan fingerprint density at radius 3 is 2.55 bits per heavy atom. The number of piperidine rings is 1. The van der Waals surface area contributed by atoms with Crippen molar-refractivity contribution in [2.45, 2.75) is 24.2 Å². The van der Waals surface area contributed by atoms with Gasteiger partial charge in [0.2, 0.25) is 15.9 Å². The maximum absolute atomic E-state index is 13.4. The molecule has 1 unspecified atom stereocenters. The smallest absolute Gasteiger partial charge is 0.243 e. The lowest BCUT2D eigenvalue weighted by molar-refractivity contribution is -0.139. The molecule has 2 fully saturated rings. The van der Waals surface area contributed by atoms with Crippen LogP contribution in [0, 0.1) is 5.41 Å². The van der Waals surface area contributed by atoms with E-state index in [-0.39, 0.29) is 30.4 Å². The van der Waals surface area contributed by atoms with Gasteiger partial charge in [0.25, 0.3) is 0 Å². The Morgan fingerprint density at radius 2 is 1.82 bits per heavy atom. The van der Waals surface area contributed by atoms with Crippen molar-refractivity contribution in [3.8, 4) is 5.75 Å². The third-order valence-corrected chi connectivity index (χ3v) is 8.31. The molecular formula is C24H29ClN2O5S. The molecule has 9 heteroatoms. The fourth-order valence-corrected chi connectivity index (χ4v) is 6.35. The average molecular weight is 493 g/mol. The monoisotopic (exact) mass is 492 g/mol. The van der Waals surface area contributed by atoms with Crippen LogP contribution in [0.5, 0.6) is 5.75 Å². The van der Waals surface area contributed by atoms with Crippen LogP contribution in [-0.2, 0) is 19.6 Å². The van der Waals surface area contributed by atoms with Crippen LogP contribution in [0.4, 0.5) is 0 Å². The highest BCUT2D eigenvalue weighted by molar-refractivity contribution is 7.89. The predicted molar refractivity (Wildman–Crippen MR) is 126 cm³/mol. The number of benzene rings is 2. The van der Waals surface area contributed by atoms with E-state index in [9.17, 15) is 13.2 Å². The Morgan fingerprint density at radius 1 is 1.06 bits per heavy atom. The number of morpholine rings is 1. The largest absolute Gasteiger partial charge is 0.493 e. The van der Waals surface area contributed by atoms with E-state index in [4.69, 9.17) is 21.1 Å². The number of hydrogen-bond donors (Lipinski definition) is 0. The first-order valence-electron chi connectivity index (χ1n) is 11.2. The number of hydrogen-bond acceptors (Lipinski definition) is 5. The lowest BCUT2D eigenvalue weighted by Gasteiger charge is -2.42. The van der Waals surface area contributed by atoms with Crippen molar-refractivity contribution in [2.24, 2.45) is 5.41 Å². The molecule has 2 heterocycles. The lowest BCUT2D eigenvalue weighted by Crippen LogP contribution is -2.51. The van der Waals surface area contributed by atoms with Crippen LogP contribution in [0.15, 0.2) is 59.5 Å². The number of sulfonamides is 1. The molecule has 2 saturated heterocycles. The van der Waals surface area contributed by atoms with Crippen molar-refractivity contribution < 1.29 is 22.7 Å². The van der Waals surface area contributed by atoms with Crippen molar-refractivity contribution in [2.75, 3.05) is 46.0 Å². The number of rotatable bonds is 7. The van der Waals surface area contributed by atoms with E-state index in [1.54, 1.807) is 23.1 Å². The Hall–Kier alpha value is -2.13. The number of amides is 1. The highest BCUT2D eigenvalue weighted by atomic mass is 35.5. The van der Waals surface area contributed by atoms with E-state index >= 15 is 0 Å². The summed E-state index contributed by atoms with van der Waals surface area (Å²) in [6.07, 6.45) is 1.58. The second kappa shape index (κ2) is 10.4. The molecule has 178 valence electrons. The minimum atomic E-state index is -3.75. The Kier molecular flexibility index (Phi) is 7.58. The second-order valence-corrected chi connectivity index (χ2v) is 11.0. The molecule has 2 aromatic rings. The number of halogens is 1. The van der Waals surface area contributed by atoms with Crippen LogP contribution in [0.3, 0.4) is 0 Å². The summed E-state index contributed by atoms with van der Waals surface area (Å²) < 4.78 is 39.7. The van der Waals surface area contributed by atoms with Crippen molar-refractivity contribution in [1.29, 1.82) is 0 Å². The average Bonchev–Trinajstić information content (AvgIpc) is 2.84. The summed E-state index contributed by atoms with van der Waals surface area (Å²) in [5, 5.41) is 0.370. The minimum absolute atomic E-state index is 0.0111. The van der Waals surface area contributed by atoms with Crippen LogP contribution >= 0.6 is 11.6 Å². The van der Waals surface area contributed by atoms with Gasteiger partial charge in [-0.15, -0.1) is 0 Å². The maximum Gasteiger partial charge on any atom is 0.243 e. The van der Waals surface area contributed by atoms with Gasteiger partial charge in [-0.1, -0.05) is 35.9 Å². The Bertz CT molecular complexity index is 1060. The quantitative estimate of drug-likeness (QED) is 0.591. The van der Waals surface area contributed by atoms with E-state index in [2.05, 4.69) is 0 Å². The highest BCUT2D eigenvalue weighted by Crippen LogP contribution is 2.37. The zero-order valence-electron chi connectivity index (χ0n) is 18.5. The molecule has 7 nitrogen and oxygen atoms in total. The van der Waals surface area contributed by atoms with E-state index in [1.807, 2.05) is 30.3 Å². The number of carbonyl (C=O) groups excluding carboxylic acids is 1. The number of ether oxygens (including phenoxy) is 2. The van der Waals surface area contributed by atoms with Gasteiger partial charge in [0.15, 0.2) is 0 Å². The third-order valence-electron chi connectivity index (χ3n) is 6.24.